The number of fused-ring (bicyclic) bond motifs is 3. The van der Waals surface area contributed by atoms with Crippen LogP contribution in [0.4, 0.5) is 17.5 Å². The molecule has 9 heteroatoms. The average Bonchev–Trinajstić information content (AvgIpc) is 3.07. The van der Waals surface area contributed by atoms with Crippen molar-refractivity contribution in [3.8, 4) is 0 Å². The van der Waals surface area contributed by atoms with E-state index in [1.165, 1.54) is 33.4 Å². The van der Waals surface area contributed by atoms with Gasteiger partial charge in [0, 0.05) is 38.2 Å². The van der Waals surface area contributed by atoms with Gasteiger partial charge in [0.05, 0.1) is 33.1 Å². The fourth-order valence-corrected chi connectivity index (χ4v) is 6.34. The van der Waals surface area contributed by atoms with E-state index in [1.54, 1.807) is 0 Å². The highest BCUT2D eigenvalue weighted by molar-refractivity contribution is 5.78. The molecule has 0 saturated carbocycles. The summed E-state index contributed by atoms with van der Waals surface area (Å²) in [5.74, 6) is 2.46. The van der Waals surface area contributed by atoms with E-state index >= 15 is 0 Å². The van der Waals surface area contributed by atoms with Crippen molar-refractivity contribution in [3.63, 3.8) is 0 Å². The van der Waals surface area contributed by atoms with Crippen LogP contribution in [0.15, 0.2) is 73.2 Å². The number of aromatic nitrogens is 6. The molecule has 0 amide bonds. The Kier molecular flexibility index (Phi) is 8.27. The molecule has 7 rings (SSSR count). The SMILES string of the molecule is Cc1cnc2ccc(NCc3c(C)c(CNc4ccc5ncc(C)cc5n4)c(C)c(CNc4ccc5ncc(C)cc5n4)c3C)nc2c1. The maximum atomic E-state index is 4.86. The number of hydrogen-bond acceptors (Lipinski definition) is 9. The number of nitrogens with zero attached hydrogens (tertiary/aromatic N) is 6. The van der Waals surface area contributed by atoms with Gasteiger partial charge in [-0.2, -0.15) is 0 Å². The lowest BCUT2D eigenvalue weighted by Gasteiger charge is -2.24. The third-order valence-corrected chi connectivity index (χ3v) is 9.08. The Balaban J connectivity index is 1.21. The molecule has 3 N–H and O–H groups in total. The van der Waals surface area contributed by atoms with Gasteiger partial charge in [-0.25, -0.2) is 15.0 Å². The predicted molar refractivity (Wildman–Crippen MR) is 195 cm³/mol. The van der Waals surface area contributed by atoms with E-state index in [-0.39, 0.29) is 0 Å². The number of aryl methyl sites for hydroxylation is 3. The van der Waals surface area contributed by atoms with Crippen LogP contribution in [0, 0.1) is 41.5 Å². The molecule has 0 radical (unpaired) electrons. The van der Waals surface area contributed by atoms with E-state index in [4.69, 9.17) is 15.0 Å². The lowest BCUT2D eigenvalue weighted by Crippen LogP contribution is -2.16. The fourth-order valence-electron chi connectivity index (χ4n) is 6.34. The molecule has 9 nitrogen and oxygen atoms in total. The molecule has 1 aromatic carbocycles. The molecule has 6 aromatic heterocycles. The van der Waals surface area contributed by atoms with Crippen LogP contribution in [0.5, 0.6) is 0 Å². The molecule has 48 heavy (non-hydrogen) atoms. The van der Waals surface area contributed by atoms with Crippen molar-refractivity contribution in [2.45, 2.75) is 61.2 Å². The van der Waals surface area contributed by atoms with Crippen LogP contribution in [0.25, 0.3) is 33.1 Å². The highest BCUT2D eigenvalue weighted by Gasteiger charge is 2.18. The molecule has 6 heterocycles. The van der Waals surface area contributed by atoms with Gasteiger partial charge >= 0.3 is 0 Å². The molecular weight excluding hydrogens is 594 g/mol. The summed E-state index contributed by atoms with van der Waals surface area (Å²) in [5.41, 5.74) is 16.1. The van der Waals surface area contributed by atoms with Crippen molar-refractivity contribution < 1.29 is 0 Å². The Morgan fingerprint density at radius 1 is 0.396 bits per heavy atom. The third kappa shape index (κ3) is 6.31. The summed E-state index contributed by atoms with van der Waals surface area (Å²) in [6.45, 7) is 14.7. The second-order valence-electron chi connectivity index (χ2n) is 12.6. The quantitative estimate of drug-likeness (QED) is 0.145. The second-order valence-corrected chi connectivity index (χ2v) is 12.6. The molecule has 0 atom stereocenters. The van der Waals surface area contributed by atoms with E-state index in [0.29, 0.717) is 19.6 Å². The third-order valence-electron chi connectivity index (χ3n) is 9.08. The molecular formula is C39H39N9. The topological polar surface area (TPSA) is 113 Å². The molecule has 0 spiro atoms. The van der Waals surface area contributed by atoms with Crippen LogP contribution in [0.2, 0.25) is 0 Å². The van der Waals surface area contributed by atoms with Gasteiger partial charge in [-0.3, -0.25) is 15.0 Å². The summed E-state index contributed by atoms with van der Waals surface area (Å²) in [7, 11) is 0. The Hall–Kier alpha value is -5.70. The summed E-state index contributed by atoms with van der Waals surface area (Å²) in [6, 6.07) is 18.3. The zero-order valence-corrected chi connectivity index (χ0v) is 28.2. The van der Waals surface area contributed by atoms with Crippen LogP contribution >= 0.6 is 0 Å². The Morgan fingerprint density at radius 2 is 0.688 bits per heavy atom. The summed E-state index contributed by atoms with van der Waals surface area (Å²) < 4.78 is 0. The minimum absolute atomic E-state index is 0.633. The Morgan fingerprint density at radius 3 is 0.979 bits per heavy atom. The first-order valence-corrected chi connectivity index (χ1v) is 16.2. The van der Waals surface area contributed by atoms with Gasteiger partial charge in [-0.1, -0.05) is 0 Å². The molecule has 0 fully saturated rings. The first-order chi connectivity index (χ1) is 23.2. The zero-order chi connectivity index (χ0) is 33.4. The van der Waals surface area contributed by atoms with E-state index in [1.807, 2.05) is 75.8 Å². The lowest BCUT2D eigenvalue weighted by atomic mass is 9.87. The minimum Gasteiger partial charge on any atom is -0.366 e. The molecule has 0 unspecified atom stereocenters. The van der Waals surface area contributed by atoms with Crippen LogP contribution in [-0.4, -0.2) is 29.9 Å². The molecule has 0 bridgehead atoms. The van der Waals surface area contributed by atoms with E-state index in [2.05, 4.69) is 69.9 Å². The second kappa shape index (κ2) is 12.8. The van der Waals surface area contributed by atoms with Gasteiger partial charge < -0.3 is 16.0 Å². The number of rotatable bonds is 9. The van der Waals surface area contributed by atoms with Gasteiger partial charge in [-0.15, -0.1) is 0 Å². The maximum Gasteiger partial charge on any atom is 0.127 e. The average molecular weight is 634 g/mol. The Bertz CT molecular complexity index is 2050. The van der Waals surface area contributed by atoms with Crippen LogP contribution in [-0.2, 0) is 19.6 Å². The largest absolute Gasteiger partial charge is 0.366 e. The van der Waals surface area contributed by atoms with Crippen molar-refractivity contribution in [1.29, 1.82) is 0 Å². The van der Waals surface area contributed by atoms with Crippen LogP contribution in [0.1, 0.15) is 50.1 Å². The maximum absolute atomic E-state index is 4.86. The van der Waals surface area contributed by atoms with E-state index < -0.39 is 0 Å². The summed E-state index contributed by atoms with van der Waals surface area (Å²) in [5, 5.41) is 10.8. The van der Waals surface area contributed by atoms with E-state index in [0.717, 1.165) is 67.2 Å². The summed E-state index contributed by atoms with van der Waals surface area (Å²) in [6.07, 6.45) is 5.62. The Labute approximate surface area is 280 Å². The van der Waals surface area contributed by atoms with Gasteiger partial charge in [0.1, 0.15) is 17.5 Å². The van der Waals surface area contributed by atoms with E-state index in [9.17, 15) is 0 Å². The normalized spacial score (nSPS) is 11.4. The highest BCUT2D eigenvalue weighted by Crippen LogP contribution is 2.30. The highest BCUT2D eigenvalue weighted by atomic mass is 15.0. The van der Waals surface area contributed by atoms with Crippen molar-refractivity contribution in [3.05, 3.63) is 123 Å². The van der Waals surface area contributed by atoms with Crippen molar-refractivity contribution in [2.24, 2.45) is 0 Å². The summed E-state index contributed by atoms with van der Waals surface area (Å²) in [4.78, 5) is 28.1. The smallest absolute Gasteiger partial charge is 0.127 e. The van der Waals surface area contributed by atoms with Crippen molar-refractivity contribution in [2.75, 3.05) is 16.0 Å². The number of hydrogen-bond donors (Lipinski definition) is 3. The number of anilines is 3. The van der Waals surface area contributed by atoms with Gasteiger partial charge in [0.25, 0.3) is 0 Å². The standard InChI is InChI=1S/C39H39N9/c1-22-13-34-31(40-16-22)7-10-37(46-34)43-19-28-25(4)29(20-44-38-11-8-32-35(47-38)14-23(2)17-41-32)27(6)30(26(28)5)21-45-39-12-9-33-36(48-39)15-24(3)18-42-33/h7-18H,19-21H2,1-6H3,(H,43,46)(H,44,47)(H,45,48). The number of pyridine rings is 6. The molecule has 7 aromatic rings. The van der Waals surface area contributed by atoms with Gasteiger partial charge in [-0.05, 0) is 146 Å². The number of nitrogens with one attached hydrogen (secondary N) is 3. The van der Waals surface area contributed by atoms with Gasteiger partial charge in [0.2, 0.25) is 0 Å². The molecule has 0 aliphatic carbocycles. The molecule has 0 aliphatic rings. The molecule has 0 aliphatic heterocycles. The first-order valence-electron chi connectivity index (χ1n) is 16.2. The summed E-state index contributed by atoms with van der Waals surface area (Å²) >= 11 is 0. The first kappa shape index (κ1) is 30.9. The fraction of sp³-hybridized carbons (Fsp3) is 0.231. The van der Waals surface area contributed by atoms with Gasteiger partial charge in [0.15, 0.2) is 0 Å². The monoisotopic (exact) mass is 633 g/mol. The van der Waals surface area contributed by atoms with Crippen molar-refractivity contribution >= 4 is 50.6 Å². The predicted octanol–water partition coefficient (Wildman–Crippen LogP) is 8.20. The minimum atomic E-state index is 0.633. The van der Waals surface area contributed by atoms with Crippen LogP contribution < -0.4 is 16.0 Å². The van der Waals surface area contributed by atoms with Crippen LogP contribution in [0.3, 0.4) is 0 Å². The lowest BCUT2D eigenvalue weighted by molar-refractivity contribution is 0.963. The molecule has 240 valence electrons. The number of benzene rings is 1. The molecule has 0 saturated heterocycles. The van der Waals surface area contributed by atoms with Crippen molar-refractivity contribution in [1.82, 2.24) is 29.9 Å². The zero-order valence-electron chi connectivity index (χ0n) is 28.2.